The van der Waals surface area contributed by atoms with E-state index >= 15 is 0 Å². The van der Waals surface area contributed by atoms with Crippen molar-refractivity contribution in [2.75, 3.05) is 0 Å². The van der Waals surface area contributed by atoms with E-state index in [0.717, 1.165) is 30.8 Å². The SMILES string of the molecule is Cn1nc(C23CC4CC(CC(C4)C2)C3)c2c1CNC2. The Morgan fingerprint density at radius 2 is 1.68 bits per heavy atom. The number of aromatic nitrogens is 2. The van der Waals surface area contributed by atoms with Crippen LogP contribution in [0.4, 0.5) is 0 Å². The first-order valence-electron chi connectivity index (χ1n) is 7.99. The van der Waals surface area contributed by atoms with Gasteiger partial charge in [0.15, 0.2) is 0 Å². The molecule has 1 aromatic heterocycles. The van der Waals surface area contributed by atoms with E-state index in [1.54, 1.807) is 5.56 Å². The summed E-state index contributed by atoms with van der Waals surface area (Å²) < 4.78 is 2.16. The zero-order chi connectivity index (χ0) is 12.6. The topological polar surface area (TPSA) is 29.9 Å². The van der Waals surface area contributed by atoms with Crippen molar-refractivity contribution in [1.29, 1.82) is 0 Å². The van der Waals surface area contributed by atoms with E-state index in [0.29, 0.717) is 5.41 Å². The summed E-state index contributed by atoms with van der Waals surface area (Å²) in [6.45, 7) is 2.07. The van der Waals surface area contributed by atoms with Gasteiger partial charge in [0.05, 0.1) is 11.4 Å². The van der Waals surface area contributed by atoms with Gasteiger partial charge in [-0.25, -0.2) is 0 Å². The van der Waals surface area contributed by atoms with Crippen molar-refractivity contribution in [3.63, 3.8) is 0 Å². The maximum absolute atomic E-state index is 5.00. The third-order valence-corrected chi connectivity index (χ3v) is 6.41. The molecule has 1 aliphatic heterocycles. The maximum Gasteiger partial charge on any atom is 0.0734 e. The van der Waals surface area contributed by atoms with Crippen LogP contribution in [0.25, 0.3) is 0 Å². The summed E-state index contributed by atoms with van der Waals surface area (Å²) in [5.74, 6) is 3.04. The van der Waals surface area contributed by atoms with Gasteiger partial charge in [-0.15, -0.1) is 0 Å². The lowest BCUT2D eigenvalue weighted by Crippen LogP contribution is -2.49. The molecule has 1 N–H and O–H groups in total. The Bertz CT molecular complexity index is 507. The van der Waals surface area contributed by atoms with Gasteiger partial charge in [-0.05, 0) is 56.3 Å². The van der Waals surface area contributed by atoms with Crippen LogP contribution in [0.1, 0.15) is 55.5 Å². The van der Waals surface area contributed by atoms with E-state index in [2.05, 4.69) is 17.0 Å². The van der Waals surface area contributed by atoms with E-state index in [1.165, 1.54) is 49.9 Å². The molecule has 0 atom stereocenters. The number of nitrogens with zero attached hydrogens (tertiary/aromatic N) is 2. The number of nitrogens with one attached hydrogen (secondary N) is 1. The molecule has 3 heteroatoms. The summed E-state index contributed by atoms with van der Waals surface area (Å²) in [5, 5.41) is 8.52. The zero-order valence-electron chi connectivity index (χ0n) is 11.8. The molecular weight excluding hydrogens is 234 g/mol. The molecule has 19 heavy (non-hydrogen) atoms. The molecule has 0 radical (unpaired) electrons. The standard InChI is InChI=1S/C16H23N3/c1-19-14-9-17-8-13(14)15(18-19)16-5-10-2-11(6-16)4-12(3-10)7-16/h10-12,17H,2-9H2,1H3. The van der Waals surface area contributed by atoms with Gasteiger partial charge >= 0.3 is 0 Å². The van der Waals surface area contributed by atoms with E-state index < -0.39 is 0 Å². The second-order valence-electron chi connectivity index (χ2n) is 7.70. The van der Waals surface area contributed by atoms with Crippen molar-refractivity contribution in [1.82, 2.24) is 15.1 Å². The summed E-state index contributed by atoms with van der Waals surface area (Å²) in [6.07, 6.45) is 8.86. The molecule has 0 amide bonds. The molecule has 0 unspecified atom stereocenters. The molecule has 2 heterocycles. The lowest BCUT2D eigenvalue weighted by Gasteiger charge is -2.56. The zero-order valence-corrected chi connectivity index (χ0v) is 11.8. The minimum atomic E-state index is 0.464. The Morgan fingerprint density at radius 1 is 1.05 bits per heavy atom. The van der Waals surface area contributed by atoms with Crippen LogP contribution in [0.5, 0.6) is 0 Å². The highest BCUT2D eigenvalue weighted by Gasteiger charge is 2.53. The molecular formula is C16H23N3. The molecule has 4 aliphatic carbocycles. The fourth-order valence-corrected chi connectivity index (χ4v) is 6.14. The molecule has 102 valence electrons. The number of hydrogen-bond acceptors (Lipinski definition) is 2. The molecule has 4 fully saturated rings. The van der Waals surface area contributed by atoms with Crippen LogP contribution in [0, 0.1) is 17.8 Å². The molecule has 3 nitrogen and oxygen atoms in total. The van der Waals surface area contributed by atoms with Crippen LogP contribution in [-0.4, -0.2) is 9.78 Å². The Morgan fingerprint density at radius 3 is 2.32 bits per heavy atom. The summed E-state index contributed by atoms with van der Waals surface area (Å²) in [7, 11) is 2.13. The predicted octanol–water partition coefficient (Wildman–Crippen LogP) is 2.49. The van der Waals surface area contributed by atoms with Gasteiger partial charge in [0.1, 0.15) is 0 Å². The van der Waals surface area contributed by atoms with Gasteiger partial charge in [-0.2, -0.15) is 5.10 Å². The Kier molecular flexibility index (Phi) is 1.97. The molecule has 0 aromatic carbocycles. The van der Waals surface area contributed by atoms with E-state index in [1.807, 2.05) is 0 Å². The molecule has 6 rings (SSSR count). The highest BCUT2D eigenvalue weighted by atomic mass is 15.3. The molecule has 4 saturated carbocycles. The van der Waals surface area contributed by atoms with Gasteiger partial charge in [-0.3, -0.25) is 4.68 Å². The third-order valence-electron chi connectivity index (χ3n) is 6.41. The highest BCUT2D eigenvalue weighted by Crippen LogP contribution is 2.61. The molecule has 5 aliphatic rings. The third kappa shape index (κ3) is 1.35. The monoisotopic (exact) mass is 257 g/mol. The van der Waals surface area contributed by atoms with Crippen molar-refractivity contribution < 1.29 is 0 Å². The summed E-state index contributed by atoms with van der Waals surface area (Å²) in [6, 6.07) is 0. The van der Waals surface area contributed by atoms with Crippen LogP contribution in [0.15, 0.2) is 0 Å². The predicted molar refractivity (Wildman–Crippen MR) is 73.6 cm³/mol. The molecule has 0 spiro atoms. The van der Waals surface area contributed by atoms with Crippen molar-refractivity contribution in [2.45, 2.75) is 57.0 Å². The number of hydrogen-bond donors (Lipinski definition) is 1. The molecule has 1 aromatic rings. The quantitative estimate of drug-likeness (QED) is 0.837. The smallest absolute Gasteiger partial charge is 0.0734 e. The fourth-order valence-electron chi connectivity index (χ4n) is 6.14. The Hall–Kier alpha value is -0.830. The Labute approximate surface area is 114 Å². The van der Waals surface area contributed by atoms with Gasteiger partial charge in [-0.1, -0.05) is 0 Å². The first-order chi connectivity index (χ1) is 9.23. The number of rotatable bonds is 1. The van der Waals surface area contributed by atoms with Crippen LogP contribution in [0.2, 0.25) is 0 Å². The van der Waals surface area contributed by atoms with Crippen LogP contribution in [-0.2, 0) is 25.6 Å². The Balaban J connectivity index is 1.64. The largest absolute Gasteiger partial charge is 0.307 e. The number of fused-ring (bicyclic) bond motifs is 1. The van der Waals surface area contributed by atoms with Gasteiger partial charge in [0.25, 0.3) is 0 Å². The first-order valence-corrected chi connectivity index (χ1v) is 7.99. The van der Waals surface area contributed by atoms with Crippen molar-refractivity contribution in [3.8, 4) is 0 Å². The first kappa shape index (κ1) is 10.9. The fraction of sp³-hybridized carbons (Fsp3) is 0.812. The van der Waals surface area contributed by atoms with Crippen molar-refractivity contribution in [2.24, 2.45) is 24.8 Å². The second kappa shape index (κ2) is 3.43. The van der Waals surface area contributed by atoms with E-state index in [9.17, 15) is 0 Å². The average molecular weight is 257 g/mol. The average Bonchev–Trinajstić information content (AvgIpc) is 2.92. The number of aryl methyl sites for hydroxylation is 1. The second-order valence-corrected chi connectivity index (χ2v) is 7.70. The van der Waals surface area contributed by atoms with Crippen LogP contribution < -0.4 is 5.32 Å². The summed E-state index contributed by atoms with van der Waals surface area (Å²) in [5.41, 5.74) is 4.97. The highest BCUT2D eigenvalue weighted by molar-refractivity contribution is 5.37. The lowest BCUT2D eigenvalue weighted by atomic mass is 9.48. The van der Waals surface area contributed by atoms with Gasteiger partial charge in [0, 0.05) is 31.1 Å². The lowest BCUT2D eigenvalue weighted by molar-refractivity contribution is -0.00782. The molecule has 0 saturated heterocycles. The minimum absolute atomic E-state index is 0.464. The maximum atomic E-state index is 5.00. The van der Waals surface area contributed by atoms with Crippen LogP contribution >= 0.6 is 0 Å². The van der Waals surface area contributed by atoms with Gasteiger partial charge in [0.2, 0.25) is 0 Å². The van der Waals surface area contributed by atoms with E-state index in [-0.39, 0.29) is 0 Å². The van der Waals surface area contributed by atoms with Crippen LogP contribution in [0.3, 0.4) is 0 Å². The minimum Gasteiger partial charge on any atom is -0.307 e. The summed E-state index contributed by atoms with van der Waals surface area (Å²) in [4.78, 5) is 0. The summed E-state index contributed by atoms with van der Waals surface area (Å²) >= 11 is 0. The van der Waals surface area contributed by atoms with Crippen molar-refractivity contribution in [3.05, 3.63) is 17.0 Å². The normalized spacial score (nSPS) is 42.9. The van der Waals surface area contributed by atoms with Gasteiger partial charge < -0.3 is 5.32 Å². The molecule has 4 bridgehead atoms. The van der Waals surface area contributed by atoms with E-state index in [4.69, 9.17) is 5.10 Å². The van der Waals surface area contributed by atoms with Crippen molar-refractivity contribution >= 4 is 0 Å².